The summed E-state index contributed by atoms with van der Waals surface area (Å²) >= 11 is 0. The van der Waals surface area contributed by atoms with E-state index in [9.17, 15) is 4.79 Å². The van der Waals surface area contributed by atoms with E-state index in [1.807, 2.05) is 24.3 Å². The van der Waals surface area contributed by atoms with E-state index in [2.05, 4.69) is 29.0 Å². The zero-order chi connectivity index (χ0) is 15.9. The van der Waals surface area contributed by atoms with Crippen LogP contribution in [0.5, 0.6) is 0 Å². The topological polar surface area (TPSA) is 61.6 Å². The highest BCUT2D eigenvalue weighted by Crippen LogP contribution is 2.07. The zero-order valence-electron chi connectivity index (χ0n) is 14.9. The number of piperazine rings is 1. The Morgan fingerprint density at radius 3 is 2.16 bits per heavy atom. The smallest absolute Gasteiger partial charge is 0.251 e. The van der Waals surface area contributed by atoms with Gasteiger partial charge in [0.2, 0.25) is 0 Å². The van der Waals surface area contributed by atoms with Gasteiger partial charge in [-0.05, 0) is 31.2 Å². The Labute approximate surface area is 169 Å². The zero-order valence-corrected chi connectivity index (χ0v) is 17.4. The maximum atomic E-state index is 12.2. The van der Waals surface area contributed by atoms with Gasteiger partial charge < -0.3 is 16.0 Å². The van der Waals surface area contributed by atoms with E-state index in [1.54, 1.807) is 0 Å². The molecule has 25 heavy (non-hydrogen) atoms. The lowest BCUT2D eigenvalue weighted by molar-refractivity contribution is 0.0883. The Morgan fingerprint density at radius 2 is 1.68 bits per heavy atom. The SMILES string of the molecule is CCN1CCN(C(C)CNC(=O)c2ccc(CN)cc2)CC1.Cl.Cl.Cl. The summed E-state index contributed by atoms with van der Waals surface area (Å²) in [5.74, 6) is -0.0115. The van der Waals surface area contributed by atoms with Crippen LogP contribution in [-0.2, 0) is 6.54 Å². The number of nitrogens with zero attached hydrogens (tertiary/aromatic N) is 2. The van der Waals surface area contributed by atoms with Crippen molar-refractivity contribution in [1.29, 1.82) is 0 Å². The summed E-state index contributed by atoms with van der Waals surface area (Å²) in [6.45, 7) is 11.1. The fourth-order valence-electron chi connectivity index (χ4n) is 2.78. The standard InChI is InChI=1S/C17H28N4O.3ClH/c1-3-20-8-10-21(11-9-20)14(2)13-19-17(22)16-6-4-15(12-18)5-7-16;;;/h4-7,14H,3,8-13,18H2,1-2H3,(H,19,22);3*1H. The van der Waals surface area contributed by atoms with Crippen molar-refractivity contribution >= 4 is 43.1 Å². The number of hydrogen-bond donors (Lipinski definition) is 2. The van der Waals surface area contributed by atoms with Gasteiger partial charge in [0.15, 0.2) is 0 Å². The number of nitrogens with two attached hydrogens (primary N) is 1. The Balaban J connectivity index is 0. The van der Waals surface area contributed by atoms with Crippen LogP contribution in [0.2, 0.25) is 0 Å². The minimum atomic E-state index is -0.0115. The fourth-order valence-corrected chi connectivity index (χ4v) is 2.78. The lowest BCUT2D eigenvalue weighted by Gasteiger charge is -2.37. The summed E-state index contributed by atoms with van der Waals surface area (Å²) in [5, 5.41) is 3.03. The van der Waals surface area contributed by atoms with Crippen LogP contribution in [0.3, 0.4) is 0 Å². The lowest BCUT2D eigenvalue weighted by Crippen LogP contribution is -2.52. The third-order valence-electron chi connectivity index (χ3n) is 4.49. The van der Waals surface area contributed by atoms with Crippen molar-refractivity contribution in [1.82, 2.24) is 15.1 Å². The maximum Gasteiger partial charge on any atom is 0.251 e. The molecule has 1 aromatic carbocycles. The molecule has 0 aromatic heterocycles. The van der Waals surface area contributed by atoms with E-state index in [4.69, 9.17) is 5.73 Å². The van der Waals surface area contributed by atoms with E-state index in [-0.39, 0.29) is 43.1 Å². The monoisotopic (exact) mass is 412 g/mol. The summed E-state index contributed by atoms with van der Waals surface area (Å²) in [4.78, 5) is 17.1. The average Bonchev–Trinajstić information content (AvgIpc) is 2.59. The van der Waals surface area contributed by atoms with Gasteiger partial charge in [-0.2, -0.15) is 0 Å². The minimum absolute atomic E-state index is 0. The van der Waals surface area contributed by atoms with Crippen LogP contribution in [-0.4, -0.2) is 61.0 Å². The second-order valence-electron chi connectivity index (χ2n) is 5.93. The molecule has 8 heteroatoms. The summed E-state index contributed by atoms with van der Waals surface area (Å²) < 4.78 is 0. The van der Waals surface area contributed by atoms with Crippen LogP contribution < -0.4 is 11.1 Å². The molecular weight excluding hydrogens is 383 g/mol. The van der Waals surface area contributed by atoms with Crippen molar-refractivity contribution in [2.75, 3.05) is 39.3 Å². The Hall–Kier alpha value is -0.560. The third kappa shape index (κ3) is 8.11. The number of amides is 1. The van der Waals surface area contributed by atoms with Gasteiger partial charge in [-0.3, -0.25) is 9.69 Å². The van der Waals surface area contributed by atoms with Crippen molar-refractivity contribution in [2.24, 2.45) is 5.73 Å². The first-order chi connectivity index (χ1) is 10.6. The molecule has 0 saturated carbocycles. The van der Waals surface area contributed by atoms with E-state index in [1.165, 1.54) is 0 Å². The van der Waals surface area contributed by atoms with E-state index < -0.39 is 0 Å². The molecule has 1 saturated heterocycles. The summed E-state index contributed by atoms with van der Waals surface area (Å²) in [7, 11) is 0. The molecule has 1 aliphatic heterocycles. The number of nitrogens with one attached hydrogen (secondary N) is 1. The van der Waals surface area contributed by atoms with Gasteiger partial charge in [-0.1, -0.05) is 19.1 Å². The number of hydrogen-bond acceptors (Lipinski definition) is 4. The molecule has 3 N–H and O–H groups in total. The van der Waals surface area contributed by atoms with E-state index >= 15 is 0 Å². The van der Waals surface area contributed by atoms with Gasteiger partial charge in [-0.25, -0.2) is 0 Å². The van der Waals surface area contributed by atoms with Crippen LogP contribution >= 0.6 is 37.2 Å². The van der Waals surface area contributed by atoms with Crippen molar-refractivity contribution in [2.45, 2.75) is 26.4 Å². The van der Waals surface area contributed by atoms with Gasteiger partial charge in [0.1, 0.15) is 0 Å². The molecule has 0 radical (unpaired) electrons. The van der Waals surface area contributed by atoms with Crippen molar-refractivity contribution in [3.63, 3.8) is 0 Å². The molecule has 0 spiro atoms. The lowest BCUT2D eigenvalue weighted by atomic mass is 10.1. The summed E-state index contributed by atoms with van der Waals surface area (Å²) in [5.41, 5.74) is 7.30. The molecule has 0 aliphatic carbocycles. The number of benzene rings is 1. The second-order valence-corrected chi connectivity index (χ2v) is 5.93. The van der Waals surface area contributed by atoms with Crippen LogP contribution in [0.15, 0.2) is 24.3 Å². The highest BCUT2D eigenvalue weighted by atomic mass is 35.5. The predicted molar refractivity (Wildman–Crippen MR) is 112 cm³/mol. The molecule has 146 valence electrons. The fraction of sp³-hybridized carbons (Fsp3) is 0.588. The first kappa shape index (κ1) is 26.7. The quantitative estimate of drug-likeness (QED) is 0.750. The van der Waals surface area contributed by atoms with Gasteiger partial charge in [-0.15, -0.1) is 37.2 Å². The van der Waals surface area contributed by atoms with Crippen LogP contribution in [0.1, 0.15) is 29.8 Å². The number of likely N-dealkylation sites (N-methyl/N-ethyl adjacent to an activating group) is 1. The third-order valence-corrected chi connectivity index (χ3v) is 4.49. The Kier molecular flexibility index (Phi) is 14.5. The molecule has 1 aromatic rings. The largest absolute Gasteiger partial charge is 0.350 e. The number of carbonyl (C=O) groups is 1. The Morgan fingerprint density at radius 1 is 1.12 bits per heavy atom. The molecule has 2 rings (SSSR count). The van der Waals surface area contributed by atoms with Gasteiger partial charge in [0.25, 0.3) is 5.91 Å². The maximum absolute atomic E-state index is 12.2. The molecule has 1 unspecified atom stereocenters. The van der Waals surface area contributed by atoms with Crippen molar-refractivity contribution in [3.8, 4) is 0 Å². The van der Waals surface area contributed by atoms with E-state index in [0.29, 0.717) is 24.7 Å². The first-order valence-corrected chi connectivity index (χ1v) is 8.17. The van der Waals surface area contributed by atoms with Crippen LogP contribution in [0, 0.1) is 0 Å². The number of halogens is 3. The van der Waals surface area contributed by atoms with Gasteiger partial charge >= 0.3 is 0 Å². The highest BCUT2D eigenvalue weighted by Gasteiger charge is 2.20. The van der Waals surface area contributed by atoms with Crippen LogP contribution in [0.4, 0.5) is 0 Å². The first-order valence-electron chi connectivity index (χ1n) is 8.17. The van der Waals surface area contributed by atoms with Gasteiger partial charge in [0.05, 0.1) is 0 Å². The molecule has 1 fully saturated rings. The molecule has 1 heterocycles. The molecular formula is C17H31Cl3N4O. The summed E-state index contributed by atoms with van der Waals surface area (Å²) in [6.07, 6.45) is 0. The highest BCUT2D eigenvalue weighted by molar-refractivity contribution is 5.94. The molecule has 1 aliphatic rings. The number of carbonyl (C=O) groups excluding carboxylic acids is 1. The normalized spacial score (nSPS) is 16.0. The van der Waals surface area contributed by atoms with Crippen molar-refractivity contribution < 1.29 is 4.79 Å². The molecule has 5 nitrogen and oxygen atoms in total. The summed E-state index contributed by atoms with van der Waals surface area (Å²) in [6, 6.07) is 7.85. The average molecular weight is 414 g/mol. The van der Waals surface area contributed by atoms with E-state index in [0.717, 1.165) is 38.3 Å². The van der Waals surface area contributed by atoms with Crippen LogP contribution in [0.25, 0.3) is 0 Å². The van der Waals surface area contributed by atoms with Crippen molar-refractivity contribution in [3.05, 3.63) is 35.4 Å². The molecule has 1 amide bonds. The predicted octanol–water partition coefficient (Wildman–Crippen LogP) is 2.17. The molecule has 1 atom stereocenters. The molecule has 0 bridgehead atoms. The number of rotatable bonds is 6. The van der Waals surface area contributed by atoms with Gasteiger partial charge in [0, 0.05) is 50.9 Å². The second kappa shape index (κ2) is 13.6. The Bertz CT molecular complexity index is 479. The minimum Gasteiger partial charge on any atom is -0.350 e.